The van der Waals surface area contributed by atoms with Gasteiger partial charge in [0.2, 0.25) is 0 Å². The third-order valence-corrected chi connectivity index (χ3v) is 9.60. The summed E-state index contributed by atoms with van der Waals surface area (Å²) in [7, 11) is 0. The highest BCUT2D eigenvalue weighted by molar-refractivity contribution is 5.87. The van der Waals surface area contributed by atoms with E-state index in [9.17, 15) is 47.9 Å². The van der Waals surface area contributed by atoms with Crippen LogP contribution in [0.15, 0.2) is 42.5 Å². The molecule has 24 heteroatoms. The summed E-state index contributed by atoms with van der Waals surface area (Å²) in [6, 6.07) is 8.35. The third-order valence-electron chi connectivity index (χ3n) is 9.60. The lowest BCUT2D eigenvalue weighted by Gasteiger charge is -2.48. The predicted molar refractivity (Wildman–Crippen MR) is 233 cm³/mol. The first-order chi connectivity index (χ1) is 33.4. The Morgan fingerprint density at radius 1 is 0.493 bits per heavy atom. The molecule has 2 heterocycles. The Hall–Kier alpha value is -7.28. The van der Waals surface area contributed by atoms with Crippen LogP contribution >= 0.6 is 0 Å². The van der Waals surface area contributed by atoms with Crippen molar-refractivity contribution in [3.05, 3.63) is 53.6 Å². The van der Waals surface area contributed by atoms with E-state index in [1.807, 2.05) is 0 Å². The van der Waals surface area contributed by atoms with Crippen LogP contribution in [0.3, 0.4) is 0 Å². The Morgan fingerprint density at radius 2 is 0.986 bits per heavy atom. The summed E-state index contributed by atoms with van der Waals surface area (Å²) in [6.45, 7) is 10.3. The number of hydrogen-bond donors (Lipinski definition) is 0. The Balaban J connectivity index is 1.82. The van der Waals surface area contributed by atoms with Crippen LogP contribution in [0, 0.1) is 0 Å². The molecule has 0 saturated carbocycles. The minimum atomic E-state index is -1.82. The highest BCUT2D eigenvalue weighted by atomic mass is 16.8. The average molecular weight is 1000 g/mol. The molecule has 0 bridgehead atoms. The third kappa shape index (κ3) is 17.6. The van der Waals surface area contributed by atoms with E-state index in [4.69, 9.17) is 66.3 Å². The monoisotopic (exact) mass is 1000 g/mol. The SMILES string of the molecule is CC(=O)OCC1OC(OCCc2ccc(OC(C)=O)c(OC(C)=O)c2)C(OC(C)=O)C(OC2OC(C)C(OC(C)=O)C(OC(C)=O)C2OC(C)=O)C1OC(=O)C=Cc1ccc(OC(C)=O)c(OC(C)=O)c1. The molecule has 71 heavy (non-hydrogen) atoms. The summed E-state index contributed by atoms with van der Waals surface area (Å²) >= 11 is 0. The predicted octanol–water partition coefficient (Wildman–Crippen LogP) is 2.72. The van der Waals surface area contributed by atoms with Crippen LogP contribution in [0.1, 0.15) is 80.4 Å². The molecular formula is C47H54O24. The van der Waals surface area contributed by atoms with Crippen molar-refractivity contribution in [1.29, 1.82) is 0 Å². The van der Waals surface area contributed by atoms with E-state index in [-0.39, 0.29) is 41.6 Å². The largest absolute Gasteiger partial charge is 0.463 e. The molecule has 2 saturated heterocycles. The number of hydrogen-bond acceptors (Lipinski definition) is 24. The maximum atomic E-state index is 13.9. The van der Waals surface area contributed by atoms with Crippen LogP contribution in [-0.2, 0) is 102 Å². The van der Waals surface area contributed by atoms with Gasteiger partial charge in [-0.25, -0.2) is 4.79 Å². The number of ether oxygens (including phenoxy) is 14. The van der Waals surface area contributed by atoms with Crippen LogP contribution in [0.5, 0.6) is 23.0 Å². The van der Waals surface area contributed by atoms with Gasteiger partial charge in [0, 0.05) is 68.4 Å². The Labute approximate surface area is 406 Å². The molecule has 2 aromatic carbocycles. The molecule has 0 N–H and O–H groups in total. The number of benzene rings is 2. The first-order valence-corrected chi connectivity index (χ1v) is 21.7. The van der Waals surface area contributed by atoms with Gasteiger partial charge in [0.15, 0.2) is 66.1 Å². The molecule has 0 amide bonds. The second-order valence-electron chi connectivity index (χ2n) is 15.7. The van der Waals surface area contributed by atoms with E-state index in [1.165, 1.54) is 43.3 Å². The van der Waals surface area contributed by atoms with Crippen molar-refractivity contribution < 1.29 is 114 Å². The number of esters is 10. The summed E-state index contributed by atoms with van der Waals surface area (Å²) in [5.41, 5.74) is 0.715. The molecule has 0 spiro atoms. The standard InChI is InChI=1S/C47H54O24/c1-22-40(65-28(7)53)42(66-29(8)54)45(68-31(10)56)47(60-22)71-43-41(70-39(57)16-13-32-11-14-34(61-24(3)49)36(19-32)63-26(5)51)38(21-59-23(2)48)69-46(44(43)67-30(9)55)58-18-17-33-12-15-35(62-25(4)50)37(20-33)64-27(6)52/h11-16,19-20,22,38,40-47H,17-18,21H2,1-10H3. The summed E-state index contributed by atoms with van der Waals surface area (Å²) in [4.78, 5) is 124. The van der Waals surface area contributed by atoms with Crippen molar-refractivity contribution in [3.8, 4) is 23.0 Å². The van der Waals surface area contributed by atoms with Crippen LogP contribution in [0.4, 0.5) is 0 Å². The molecule has 2 aromatic rings. The Kier molecular flexibility index (Phi) is 20.7. The lowest BCUT2D eigenvalue weighted by atomic mass is 9.96. The van der Waals surface area contributed by atoms with Crippen LogP contribution in [0.25, 0.3) is 6.08 Å². The normalized spacial score (nSPS) is 23.7. The second kappa shape index (κ2) is 26.1. The summed E-state index contributed by atoms with van der Waals surface area (Å²) in [5, 5.41) is 0. The van der Waals surface area contributed by atoms with Crippen LogP contribution in [0.2, 0.25) is 0 Å². The molecule has 2 aliphatic heterocycles. The molecule has 0 aliphatic carbocycles. The molecule has 10 unspecified atom stereocenters. The Morgan fingerprint density at radius 3 is 1.52 bits per heavy atom. The molecule has 10 atom stereocenters. The lowest BCUT2D eigenvalue weighted by molar-refractivity contribution is -0.359. The van der Waals surface area contributed by atoms with E-state index >= 15 is 0 Å². The molecule has 4 rings (SSSR count). The van der Waals surface area contributed by atoms with Crippen LogP contribution in [-0.4, -0.2) is 134 Å². The zero-order valence-corrected chi connectivity index (χ0v) is 40.3. The fourth-order valence-electron chi connectivity index (χ4n) is 7.11. The van der Waals surface area contributed by atoms with Crippen LogP contribution < -0.4 is 18.9 Å². The Bertz CT molecular complexity index is 2360. The van der Waals surface area contributed by atoms with E-state index in [0.29, 0.717) is 5.56 Å². The van der Waals surface area contributed by atoms with Crippen molar-refractivity contribution in [1.82, 2.24) is 0 Å². The van der Waals surface area contributed by atoms with Gasteiger partial charge in [-0.3, -0.25) is 43.2 Å². The van der Waals surface area contributed by atoms with Crippen molar-refractivity contribution in [2.75, 3.05) is 13.2 Å². The topological polar surface area (TPSA) is 300 Å². The fourth-order valence-corrected chi connectivity index (χ4v) is 7.11. The molecule has 0 radical (unpaired) electrons. The number of rotatable bonds is 19. The molecule has 2 aliphatic rings. The van der Waals surface area contributed by atoms with Gasteiger partial charge in [-0.2, -0.15) is 0 Å². The lowest BCUT2D eigenvalue weighted by Crippen LogP contribution is -2.66. The molecule has 0 aromatic heterocycles. The second-order valence-corrected chi connectivity index (χ2v) is 15.7. The van der Waals surface area contributed by atoms with Crippen molar-refractivity contribution in [2.24, 2.45) is 0 Å². The minimum absolute atomic E-state index is 0.0328. The molecule has 24 nitrogen and oxygen atoms in total. The van der Waals surface area contributed by atoms with Gasteiger partial charge in [0.05, 0.1) is 12.7 Å². The highest BCUT2D eigenvalue weighted by Gasteiger charge is 2.57. The maximum Gasteiger partial charge on any atom is 0.331 e. The van der Waals surface area contributed by atoms with Gasteiger partial charge < -0.3 is 66.3 Å². The molecule has 386 valence electrons. The summed E-state index contributed by atoms with van der Waals surface area (Å²) in [5.74, 6) is -8.76. The summed E-state index contributed by atoms with van der Waals surface area (Å²) in [6.07, 6.45) is -13.9. The first kappa shape index (κ1) is 56.3. The zero-order chi connectivity index (χ0) is 52.7. The van der Waals surface area contributed by atoms with E-state index in [0.717, 1.165) is 68.4 Å². The van der Waals surface area contributed by atoms with Crippen molar-refractivity contribution in [2.45, 2.75) is 137 Å². The maximum absolute atomic E-state index is 13.9. The molecule has 2 fully saturated rings. The van der Waals surface area contributed by atoms with Crippen molar-refractivity contribution in [3.63, 3.8) is 0 Å². The van der Waals surface area contributed by atoms with Gasteiger partial charge in [-0.15, -0.1) is 0 Å². The van der Waals surface area contributed by atoms with Gasteiger partial charge in [0.1, 0.15) is 18.8 Å². The summed E-state index contributed by atoms with van der Waals surface area (Å²) < 4.78 is 79.3. The highest BCUT2D eigenvalue weighted by Crippen LogP contribution is 2.36. The van der Waals surface area contributed by atoms with E-state index in [2.05, 4.69) is 0 Å². The van der Waals surface area contributed by atoms with Gasteiger partial charge in [-0.1, -0.05) is 12.1 Å². The van der Waals surface area contributed by atoms with Gasteiger partial charge in [0.25, 0.3) is 0 Å². The minimum Gasteiger partial charge on any atom is -0.463 e. The smallest absolute Gasteiger partial charge is 0.331 e. The average Bonchev–Trinajstić information content (AvgIpc) is 3.24. The van der Waals surface area contributed by atoms with E-state index < -0.39 is 128 Å². The van der Waals surface area contributed by atoms with Crippen molar-refractivity contribution >= 4 is 65.8 Å². The number of carbonyl (C=O) groups excluding carboxylic acids is 10. The van der Waals surface area contributed by atoms with Gasteiger partial charge >= 0.3 is 59.7 Å². The molecular weight excluding hydrogens is 948 g/mol. The first-order valence-electron chi connectivity index (χ1n) is 21.7. The number of carbonyl (C=O) groups is 10. The van der Waals surface area contributed by atoms with E-state index in [1.54, 1.807) is 6.07 Å². The van der Waals surface area contributed by atoms with Gasteiger partial charge in [-0.05, 0) is 54.8 Å². The quantitative estimate of drug-likeness (QED) is 0.0845. The zero-order valence-electron chi connectivity index (χ0n) is 40.3. The fraction of sp³-hybridized carbons (Fsp3) is 0.489.